The molecule has 0 amide bonds. The lowest BCUT2D eigenvalue weighted by molar-refractivity contribution is 0.101. The van der Waals surface area contributed by atoms with Crippen LogP contribution < -0.4 is 4.72 Å². The molecule has 0 aromatic heterocycles. The van der Waals surface area contributed by atoms with E-state index in [0.717, 1.165) is 6.26 Å². The van der Waals surface area contributed by atoms with E-state index in [-0.39, 0.29) is 5.78 Å². The van der Waals surface area contributed by atoms with Crippen LogP contribution in [0.5, 0.6) is 0 Å². The second-order valence-electron chi connectivity index (χ2n) is 3.16. The minimum Gasteiger partial charge on any atom is -0.295 e. The Balaban J connectivity index is 3.15. The van der Waals surface area contributed by atoms with E-state index in [1.165, 1.54) is 13.0 Å². The summed E-state index contributed by atoms with van der Waals surface area (Å²) in [6.07, 6.45) is 1.06. The smallest absolute Gasteiger partial charge is 0.229 e. The molecule has 1 N–H and O–H groups in total. The maximum Gasteiger partial charge on any atom is 0.229 e. The summed E-state index contributed by atoms with van der Waals surface area (Å²) in [7, 11) is -3.32. The van der Waals surface area contributed by atoms with Crippen molar-refractivity contribution >= 4 is 37.4 Å². The minimum absolute atomic E-state index is 0.118. The van der Waals surface area contributed by atoms with Gasteiger partial charge in [0.2, 0.25) is 10.0 Å². The molecule has 0 aliphatic rings. The lowest BCUT2D eigenvalue weighted by atomic mass is 10.1. The first-order chi connectivity index (χ1) is 6.78. The molecular weight excluding hydrogens is 282 g/mol. The summed E-state index contributed by atoms with van der Waals surface area (Å²) in [4.78, 5) is 11.1. The van der Waals surface area contributed by atoms with Crippen LogP contribution in [0.2, 0.25) is 0 Å². The Labute approximate surface area is 96.9 Å². The van der Waals surface area contributed by atoms with E-state index in [0.29, 0.717) is 15.7 Å². The highest BCUT2D eigenvalue weighted by molar-refractivity contribution is 9.10. The fraction of sp³-hybridized carbons (Fsp3) is 0.222. The Kier molecular flexibility index (Phi) is 3.51. The summed E-state index contributed by atoms with van der Waals surface area (Å²) in [5.74, 6) is -0.118. The second-order valence-corrected chi connectivity index (χ2v) is 5.82. The van der Waals surface area contributed by atoms with Crippen LogP contribution in [0.4, 0.5) is 5.69 Å². The molecule has 0 radical (unpaired) electrons. The number of halogens is 1. The van der Waals surface area contributed by atoms with E-state index in [1.807, 2.05) is 0 Å². The fourth-order valence-corrected chi connectivity index (χ4v) is 2.11. The van der Waals surface area contributed by atoms with E-state index in [2.05, 4.69) is 20.7 Å². The first-order valence-electron chi connectivity index (χ1n) is 4.07. The summed E-state index contributed by atoms with van der Waals surface area (Å²) < 4.78 is 24.9. The van der Waals surface area contributed by atoms with Crippen molar-refractivity contribution in [3.8, 4) is 0 Å². The molecule has 0 spiro atoms. The molecule has 0 atom stereocenters. The van der Waals surface area contributed by atoms with E-state index < -0.39 is 10.0 Å². The molecule has 0 saturated heterocycles. The van der Waals surface area contributed by atoms with Gasteiger partial charge in [0.1, 0.15) is 0 Å². The van der Waals surface area contributed by atoms with Gasteiger partial charge in [-0.2, -0.15) is 0 Å². The van der Waals surface area contributed by atoms with Crippen molar-refractivity contribution in [3.05, 3.63) is 28.2 Å². The molecule has 0 unspecified atom stereocenters. The average Bonchev–Trinajstić information content (AvgIpc) is 1.99. The SMILES string of the molecule is CC(=O)c1cc(Br)cc(NS(C)(=O)=O)c1. The molecule has 0 heterocycles. The summed E-state index contributed by atoms with van der Waals surface area (Å²) in [6, 6.07) is 4.72. The first kappa shape index (κ1) is 12.2. The van der Waals surface area contributed by atoms with Crippen LogP contribution in [0, 0.1) is 0 Å². The molecule has 0 saturated carbocycles. The van der Waals surface area contributed by atoms with Gasteiger partial charge < -0.3 is 0 Å². The molecule has 4 nitrogen and oxygen atoms in total. The first-order valence-corrected chi connectivity index (χ1v) is 6.76. The predicted octanol–water partition coefficient (Wildman–Crippen LogP) is 2.02. The quantitative estimate of drug-likeness (QED) is 0.867. The van der Waals surface area contributed by atoms with Crippen LogP contribution in [-0.4, -0.2) is 20.5 Å². The van der Waals surface area contributed by atoms with Gasteiger partial charge in [-0.05, 0) is 25.1 Å². The number of benzene rings is 1. The number of rotatable bonds is 3. The zero-order valence-electron chi connectivity index (χ0n) is 8.24. The molecule has 1 rings (SSSR count). The topological polar surface area (TPSA) is 63.2 Å². The zero-order chi connectivity index (χ0) is 11.6. The average molecular weight is 292 g/mol. The normalized spacial score (nSPS) is 11.1. The van der Waals surface area contributed by atoms with Crippen molar-refractivity contribution in [2.45, 2.75) is 6.92 Å². The standard InChI is InChI=1S/C9H10BrNO3S/c1-6(12)7-3-8(10)5-9(4-7)11-15(2,13)14/h3-5,11H,1-2H3. The molecule has 0 fully saturated rings. The number of anilines is 1. The highest BCUT2D eigenvalue weighted by atomic mass is 79.9. The third kappa shape index (κ3) is 4.01. The number of carbonyl (C=O) groups is 1. The summed E-state index contributed by atoms with van der Waals surface area (Å²) in [5, 5.41) is 0. The van der Waals surface area contributed by atoms with Gasteiger partial charge in [0.15, 0.2) is 5.78 Å². The molecule has 82 valence electrons. The molecule has 15 heavy (non-hydrogen) atoms. The molecule has 6 heteroatoms. The van der Waals surface area contributed by atoms with Crippen LogP contribution in [0.25, 0.3) is 0 Å². The predicted molar refractivity (Wildman–Crippen MR) is 62.6 cm³/mol. The van der Waals surface area contributed by atoms with E-state index in [1.54, 1.807) is 12.1 Å². The Hall–Kier alpha value is -0.880. The van der Waals surface area contributed by atoms with E-state index in [4.69, 9.17) is 0 Å². The van der Waals surface area contributed by atoms with Crippen molar-refractivity contribution in [1.82, 2.24) is 0 Å². The number of sulfonamides is 1. The Morgan fingerprint density at radius 1 is 1.33 bits per heavy atom. The third-order valence-corrected chi connectivity index (χ3v) is 2.67. The van der Waals surface area contributed by atoms with Gasteiger partial charge in [-0.3, -0.25) is 9.52 Å². The molecule has 1 aromatic rings. The fourth-order valence-electron chi connectivity index (χ4n) is 1.07. The Bertz CT molecular complexity index is 496. The number of ketones is 1. The Morgan fingerprint density at radius 3 is 2.40 bits per heavy atom. The number of Topliss-reactive ketones (excluding diaryl/α,β-unsaturated/α-hetero) is 1. The summed E-state index contributed by atoms with van der Waals surface area (Å²) in [6.45, 7) is 1.42. The van der Waals surface area contributed by atoms with Crippen molar-refractivity contribution in [2.24, 2.45) is 0 Å². The van der Waals surface area contributed by atoms with Gasteiger partial charge in [0.05, 0.1) is 11.9 Å². The van der Waals surface area contributed by atoms with Crippen molar-refractivity contribution in [2.75, 3.05) is 11.0 Å². The molecule has 0 aliphatic heterocycles. The van der Waals surface area contributed by atoms with Crippen molar-refractivity contribution in [3.63, 3.8) is 0 Å². The summed E-state index contributed by atoms with van der Waals surface area (Å²) in [5.41, 5.74) is 0.826. The van der Waals surface area contributed by atoms with E-state index in [9.17, 15) is 13.2 Å². The van der Waals surface area contributed by atoms with Gasteiger partial charge in [0, 0.05) is 10.0 Å². The minimum atomic E-state index is -3.32. The van der Waals surface area contributed by atoms with E-state index >= 15 is 0 Å². The van der Waals surface area contributed by atoms with Crippen LogP contribution in [-0.2, 0) is 10.0 Å². The molecule has 0 aliphatic carbocycles. The number of carbonyl (C=O) groups excluding carboxylic acids is 1. The van der Waals surface area contributed by atoms with Crippen molar-refractivity contribution < 1.29 is 13.2 Å². The van der Waals surface area contributed by atoms with Gasteiger partial charge in [-0.1, -0.05) is 15.9 Å². The monoisotopic (exact) mass is 291 g/mol. The van der Waals surface area contributed by atoms with Crippen molar-refractivity contribution in [1.29, 1.82) is 0 Å². The lowest BCUT2D eigenvalue weighted by Crippen LogP contribution is -2.10. The lowest BCUT2D eigenvalue weighted by Gasteiger charge is -2.06. The summed E-state index contributed by atoms with van der Waals surface area (Å²) >= 11 is 3.20. The Morgan fingerprint density at radius 2 is 1.93 bits per heavy atom. The second kappa shape index (κ2) is 4.32. The number of hydrogen-bond acceptors (Lipinski definition) is 3. The highest BCUT2D eigenvalue weighted by Gasteiger charge is 2.06. The van der Waals surface area contributed by atoms with Crippen LogP contribution in [0.3, 0.4) is 0 Å². The zero-order valence-corrected chi connectivity index (χ0v) is 10.6. The van der Waals surface area contributed by atoms with Crippen LogP contribution in [0.15, 0.2) is 22.7 Å². The van der Waals surface area contributed by atoms with Crippen LogP contribution >= 0.6 is 15.9 Å². The number of hydrogen-bond donors (Lipinski definition) is 1. The maximum absolute atomic E-state index is 11.1. The van der Waals surface area contributed by atoms with Gasteiger partial charge >= 0.3 is 0 Å². The van der Waals surface area contributed by atoms with Crippen LogP contribution in [0.1, 0.15) is 17.3 Å². The largest absolute Gasteiger partial charge is 0.295 e. The number of nitrogens with one attached hydrogen (secondary N) is 1. The highest BCUT2D eigenvalue weighted by Crippen LogP contribution is 2.20. The molecular formula is C9H10BrNO3S. The van der Waals surface area contributed by atoms with Gasteiger partial charge in [-0.25, -0.2) is 8.42 Å². The molecule has 1 aromatic carbocycles. The van der Waals surface area contributed by atoms with Gasteiger partial charge in [0.25, 0.3) is 0 Å². The maximum atomic E-state index is 11.1. The molecule has 0 bridgehead atoms. The van der Waals surface area contributed by atoms with Gasteiger partial charge in [-0.15, -0.1) is 0 Å². The third-order valence-electron chi connectivity index (χ3n) is 1.61.